The summed E-state index contributed by atoms with van der Waals surface area (Å²) in [5, 5.41) is 22.7. The number of hydrogen-bond acceptors (Lipinski definition) is 5. The third kappa shape index (κ3) is 6.02. The maximum atomic E-state index is 12.4. The van der Waals surface area contributed by atoms with E-state index in [2.05, 4.69) is 20.8 Å². The van der Waals surface area contributed by atoms with Crippen LogP contribution in [0.5, 0.6) is 11.5 Å². The molecule has 0 radical (unpaired) electrons. The molecule has 0 amide bonds. The lowest BCUT2D eigenvalue weighted by Gasteiger charge is -2.40. The fourth-order valence-corrected chi connectivity index (χ4v) is 5.99. The molecule has 0 aromatic heterocycles. The molecule has 36 heavy (non-hydrogen) atoms. The van der Waals surface area contributed by atoms with Crippen LogP contribution in [-0.4, -0.2) is 47.3 Å². The largest absolute Gasteiger partial charge is 0.744 e. The number of benzene rings is 3. The van der Waals surface area contributed by atoms with E-state index in [4.69, 9.17) is 0 Å². The summed E-state index contributed by atoms with van der Waals surface area (Å²) >= 11 is 0. The molecule has 0 spiro atoms. The van der Waals surface area contributed by atoms with Crippen molar-refractivity contribution in [2.45, 2.75) is 70.7 Å². The van der Waals surface area contributed by atoms with E-state index in [1.165, 1.54) is 6.07 Å². The highest BCUT2D eigenvalue weighted by Gasteiger charge is 2.30. The van der Waals surface area contributed by atoms with Gasteiger partial charge in [-0.3, -0.25) is 0 Å². The van der Waals surface area contributed by atoms with Crippen LogP contribution in [0.15, 0.2) is 53.4 Å². The number of unbranched alkanes of at least 4 members (excludes halogenated alkanes) is 3. The Morgan fingerprint density at radius 1 is 0.750 bits per heavy atom. The molecule has 0 heterocycles. The van der Waals surface area contributed by atoms with Crippen molar-refractivity contribution in [1.82, 2.24) is 0 Å². The highest BCUT2D eigenvalue weighted by Crippen LogP contribution is 2.48. The molecule has 2 N–H and O–H groups in total. The van der Waals surface area contributed by atoms with Gasteiger partial charge in [0.15, 0.2) is 0 Å². The monoisotopic (exact) mass is 513 g/mol. The van der Waals surface area contributed by atoms with Crippen LogP contribution in [0, 0.1) is 0 Å². The standard InChI is InChI=1S/C29H39NO5S/c1-4-7-18-30(19-8-5-2,20-9-6-3)21-22-14-10-11-15-23(22)26-27(31)24-16-12-13-17-25(24)28(32)29(26)36(33,34)35/h10-17H,4-9,18-21H2,1-3H3,(H2-,31,32,33,34,35). The van der Waals surface area contributed by atoms with Crippen LogP contribution in [0.4, 0.5) is 0 Å². The second-order valence-electron chi connectivity index (χ2n) is 9.79. The van der Waals surface area contributed by atoms with Gasteiger partial charge in [0.05, 0.1) is 19.6 Å². The van der Waals surface area contributed by atoms with E-state index >= 15 is 0 Å². The lowest BCUT2D eigenvalue weighted by atomic mass is 9.94. The Bertz CT molecular complexity index is 1260. The predicted molar refractivity (Wildman–Crippen MR) is 144 cm³/mol. The third-order valence-electron chi connectivity index (χ3n) is 7.12. The van der Waals surface area contributed by atoms with Crippen LogP contribution in [0.3, 0.4) is 0 Å². The zero-order valence-electron chi connectivity index (χ0n) is 21.7. The molecule has 0 aliphatic heterocycles. The molecule has 0 unspecified atom stereocenters. The first-order valence-corrected chi connectivity index (χ1v) is 14.5. The Balaban J connectivity index is 2.28. The van der Waals surface area contributed by atoms with Gasteiger partial charge in [0.2, 0.25) is 0 Å². The molecule has 0 fully saturated rings. The SMILES string of the molecule is CCCC[N+](CCCC)(CCCC)Cc1ccccc1-c1c(S(=O)(=O)[O-])c(O)c2ccccc2c1O. The van der Waals surface area contributed by atoms with Crippen molar-refractivity contribution in [2.75, 3.05) is 19.6 Å². The van der Waals surface area contributed by atoms with Crippen molar-refractivity contribution in [1.29, 1.82) is 0 Å². The topological polar surface area (TPSA) is 97.7 Å². The predicted octanol–water partition coefficient (Wildman–Crippen LogP) is 6.54. The Labute approximate surface area is 215 Å². The average Bonchev–Trinajstić information content (AvgIpc) is 2.86. The van der Waals surface area contributed by atoms with E-state index < -0.39 is 20.8 Å². The van der Waals surface area contributed by atoms with E-state index in [9.17, 15) is 23.2 Å². The van der Waals surface area contributed by atoms with Crippen LogP contribution in [-0.2, 0) is 16.7 Å². The van der Waals surface area contributed by atoms with Gasteiger partial charge in [0.25, 0.3) is 0 Å². The molecule has 0 saturated carbocycles. The smallest absolute Gasteiger partial charge is 0.141 e. The van der Waals surface area contributed by atoms with Crippen LogP contribution in [0.1, 0.15) is 64.9 Å². The summed E-state index contributed by atoms with van der Waals surface area (Å²) in [6.07, 6.45) is 6.49. The first-order valence-electron chi connectivity index (χ1n) is 13.0. The van der Waals surface area contributed by atoms with Crippen molar-refractivity contribution in [3.05, 3.63) is 54.1 Å². The van der Waals surface area contributed by atoms with Gasteiger partial charge in [-0.15, -0.1) is 0 Å². The number of phenolic OH excluding ortho intramolecular Hbond substituents is 2. The van der Waals surface area contributed by atoms with Crippen molar-refractivity contribution in [2.24, 2.45) is 0 Å². The Morgan fingerprint density at radius 2 is 1.22 bits per heavy atom. The first kappa shape index (κ1) is 28.0. The molecule has 7 heteroatoms. The number of phenols is 2. The van der Waals surface area contributed by atoms with E-state index in [1.54, 1.807) is 30.3 Å². The Hall–Kier alpha value is -2.61. The fraction of sp³-hybridized carbons (Fsp3) is 0.448. The molecular formula is C29H39NO5S. The van der Waals surface area contributed by atoms with Gasteiger partial charge in [-0.05, 0) is 24.8 Å². The number of aromatic hydroxyl groups is 2. The summed E-state index contributed by atoms with van der Waals surface area (Å²) in [6, 6.07) is 13.8. The molecular weight excluding hydrogens is 474 g/mol. The maximum Gasteiger partial charge on any atom is 0.141 e. The van der Waals surface area contributed by atoms with E-state index in [0.29, 0.717) is 17.5 Å². The number of quaternary nitrogens is 1. The van der Waals surface area contributed by atoms with Gasteiger partial charge < -0.3 is 19.2 Å². The highest BCUT2D eigenvalue weighted by molar-refractivity contribution is 7.86. The molecule has 3 aromatic rings. The minimum Gasteiger partial charge on any atom is -0.744 e. The molecule has 0 aliphatic carbocycles. The van der Waals surface area contributed by atoms with Gasteiger partial charge in [-0.2, -0.15) is 0 Å². The minimum atomic E-state index is -5.09. The summed E-state index contributed by atoms with van der Waals surface area (Å²) in [4.78, 5) is -0.764. The summed E-state index contributed by atoms with van der Waals surface area (Å²) in [6.45, 7) is 10.2. The van der Waals surface area contributed by atoms with Crippen molar-refractivity contribution in [3.63, 3.8) is 0 Å². The molecule has 0 saturated heterocycles. The zero-order valence-corrected chi connectivity index (χ0v) is 22.5. The summed E-state index contributed by atoms with van der Waals surface area (Å²) in [5.74, 6) is -0.925. The quantitative estimate of drug-likeness (QED) is 0.154. The summed E-state index contributed by atoms with van der Waals surface area (Å²) in [7, 11) is -5.09. The fourth-order valence-electron chi connectivity index (χ4n) is 5.19. The second kappa shape index (κ2) is 12.1. The Morgan fingerprint density at radius 3 is 1.72 bits per heavy atom. The van der Waals surface area contributed by atoms with E-state index in [-0.39, 0.29) is 16.7 Å². The minimum absolute atomic E-state index is 0.114. The lowest BCUT2D eigenvalue weighted by Crippen LogP contribution is -2.49. The molecule has 3 rings (SSSR count). The number of nitrogens with zero attached hydrogens (tertiary/aromatic N) is 1. The number of fused-ring (bicyclic) bond motifs is 1. The molecule has 0 bridgehead atoms. The van der Waals surface area contributed by atoms with Crippen LogP contribution < -0.4 is 0 Å². The summed E-state index contributed by atoms with van der Waals surface area (Å²) < 4.78 is 38.2. The van der Waals surface area contributed by atoms with Gasteiger partial charge in [-0.25, -0.2) is 8.42 Å². The Kier molecular flexibility index (Phi) is 9.39. The number of hydrogen-bond donors (Lipinski definition) is 2. The van der Waals surface area contributed by atoms with Crippen molar-refractivity contribution < 1.29 is 27.7 Å². The molecule has 0 aliphatic rings. The van der Waals surface area contributed by atoms with Gasteiger partial charge in [0, 0.05) is 21.9 Å². The molecule has 3 aromatic carbocycles. The second-order valence-corrected chi connectivity index (χ2v) is 11.1. The van der Waals surface area contributed by atoms with E-state index in [0.717, 1.165) is 68.2 Å². The van der Waals surface area contributed by atoms with Crippen LogP contribution in [0.25, 0.3) is 21.9 Å². The average molecular weight is 514 g/mol. The van der Waals surface area contributed by atoms with Crippen molar-refractivity contribution in [3.8, 4) is 22.6 Å². The summed E-state index contributed by atoms with van der Waals surface area (Å²) in [5.41, 5.74) is 1.21. The van der Waals surface area contributed by atoms with Crippen LogP contribution in [0.2, 0.25) is 0 Å². The lowest BCUT2D eigenvalue weighted by molar-refractivity contribution is -0.941. The van der Waals surface area contributed by atoms with Gasteiger partial charge in [-0.1, -0.05) is 88.6 Å². The van der Waals surface area contributed by atoms with Crippen molar-refractivity contribution >= 4 is 20.9 Å². The third-order valence-corrected chi connectivity index (χ3v) is 8.01. The molecule has 6 nitrogen and oxygen atoms in total. The zero-order chi connectivity index (χ0) is 26.3. The maximum absolute atomic E-state index is 12.4. The highest BCUT2D eigenvalue weighted by atomic mass is 32.2. The normalized spacial score (nSPS) is 12.3. The van der Waals surface area contributed by atoms with Crippen LogP contribution >= 0.6 is 0 Å². The molecule has 0 atom stereocenters. The van der Waals surface area contributed by atoms with E-state index in [1.807, 2.05) is 12.1 Å². The van der Waals surface area contributed by atoms with Gasteiger partial charge >= 0.3 is 0 Å². The molecule has 196 valence electrons. The van der Waals surface area contributed by atoms with Gasteiger partial charge in [0.1, 0.15) is 33.1 Å². The number of rotatable bonds is 13. The first-order chi connectivity index (χ1) is 17.2.